The Hall–Kier alpha value is -2.61. The third-order valence-corrected chi connectivity index (χ3v) is 4.32. The molecule has 1 amide bonds. The summed E-state index contributed by atoms with van der Waals surface area (Å²) in [5.74, 6) is -1.86. The lowest BCUT2D eigenvalue weighted by Gasteiger charge is -2.20. The van der Waals surface area contributed by atoms with Gasteiger partial charge in [-0.3, -0.25) is 9.78 Å². The van der Waals surface area contributed by atoms with Gasteiger partial charge in [-0.15, -0.1) is 0 Å². The van der Waals surface area contributed by atoms with Crippen molar-refractivity contribution in [2.24, 2.45) is 0 Å². The molecular formula is C18H18F3N3O2. The number of fused-ring (bicyclic) bond motifs is 1. The molecule has 0 bridgehead atoms. The molecule has 8 heteroatoms. The number of benzene rings is 1. The summed E-state index contributed by atoms with van der Waals surface area (Å²) in [6, 6.07) is 8.37. The van der Waals surface area contributed by atoms with Crippen LogP contribution < -0.4 is 10.2 Å². The second-order valence-electron chi connectivity index (χ2n) is 6.14. The fourth-order valence-electron chi connectivity index (χ4n) is 2.96. The number of anilines is 2. The van der Waals surface area contributed by atoms with E-state index in [0.29, 0.717) is 23.2 Å². The van der Waals surface area contributed by atoms with E-state index < -0.39 is 18.2 Å². The number of carbonyl (C=O) groups is 1. The molecule has 0 spiro atoms. The molecule has 0 aliphatic carbocycles. The first-order valence-corrected chi connectivity index (χ1v) is 8.12. The standard InChI is InChI=1S/C18H18F3N3O2/c1-11-5-6-12(9-22-11)16(25)10-23-14-3-2-4-15-13(14)7-8-24(15)17(26)18(19,20)21/h2-6,9,16,23,25H,7-8,10H2,1H3. The molecule has 2 N–H and O–H groups in total. The zero-order valence-electron chi connectivity index (χ0n) is 14.0. The highest BCUT2D eigenvalue weighted by atomic mass is 19.4. The van der Waals surface area contributed by atoms with Gasteiger partial charge in [-0.1, -0.05) is 12.1 Å². The number of carbonyl (C=O) groups excluding carboxylic acids is 1. The highest BCUT2D eigenvalue weighted by Gasteiger charge is 2.44. The molecule has 0 radical (unpaired) electrons. The van der Waals surface area contributed by atoms with Crippen LogP contribution in [0.25, 0.3) is 0 Å². The number of halogens is 3. The van der Waals surface area contributed by atoms with Crippen molar-refractivity contribution in [3.8, 4) is 0 Å². The second kappa shape index (κ2) is 6.95. The average molecular weight is 365 g/mol. The van der Waals surface area contributed by atoms with E-state index in [-0.39, 0.29) is 18.8 Å². The summed E-state index contributed by atoms with van der Waals surface area (Å²) in [7, 11) is 0. The predicted molar refractivity (Wildman–Crippen MR) is 91.0 cm³/mol. The van der Waals surface area contributed by atoms with E-state index in [0.717, 1.165) is 10.6 Å². The summed E-state index contributed by atoms with van der Waals surface area (Å²) < 4.78 is 38.2. The Balaban J connectivity index is 1.74. The van der Waals surface area contributed by atoms with Crippen LogP contribution in [0.15, 0.2) is 36.5 Å². The third kappa shape index (κ3) is 3.65. The van der Waals surface area contributed by atoms with Gasteiger partial charge in [0.25, 0.3) is 0 Å². The Morgan fingerprint density at radius 2 is 2.12 bits per heavy atom. The second-order valence-corrected chi connectivity index (χ2v) is 6.14. The van der Waals surface area contributed by atoms with Gasteiger partial charge in [0.1, 0.15) is 0 Å². The van der Waals surface area contributed by atoms with Crippen molar-refractivity contribution >= 4 is 17.3 Å². The van der Waals surface area contributed by atoms with Crippen LogP contribution in [0.2, 0.25) is 0 Å². The molecule has 2 heterocycles. The third-order valence-electron chi connectivity index (χ3n) is 4.32. The minimum Gasteiger partial charge on any atom is -0.387 e. The highest BCUT2D eigenvalue weighted by Crippen LogP contribution is 2.36. The fourth-order valence-corrected chi connectivity index (χ4v) is 2.96. The smallest absolute Gasteiger partial charge is 0.387 e. The predicted octanol–water partition coefficient (Wildman–Crippen LogP) is 2.99. The van der Waals surface area contributed by atoms with Crippen molar-refractivity contribution in [2.45, 2.75) is 25.6 Å². The molecule has 1 aliphatic rings. The summed E-state index contributed by atoms with van der Waals surface area (Å²) in [6.07, 6.45) is -3.81. The van der Waals surface area contributed by atoms with Crippen LogP contribution in [0.5, 0.6) is 0 Å². The number of pyridine rings is 1. The monoisotopic (exact) mass is 365 g/mol. The zero-order chi connectivity index (χ0) is 18.9. The molecule has 2 aromatic rings. The van der Waals surface area contributed by atoms with Gasteiger partial charge in [-0.25, -0.2) is 0 Å². The Labute approximate surface area is 148 Å². The molecule has 1 atom stereocenters. The van der Waals surface area contributed by atoms with Gasteiger partial charge < -0.3 is 15.3 Å². The van der Waals surface area contributed by atoms with Gasteiger partial charge in [0.15, 0.2) is 0 Å². The number of rotatable bonds is 4. The lowest BCUT2D eigenvalue weighted by atomic mass is 10.1. The molecular weight excluding hydrogens is 347 g/mol. The number of aliphatic hydroxyl groups excluding tert-OH is 1. The van der Waals surface area contributed by atoms with Crippen LogP contribution in [-0.4, -0.2) is 35.3 Å². The van der Waals surface area contributed by atoms with Crippen molar-refractivity contribution in [1.82, 2.24) is 4.98 Å². The maximum absolute atomic E-state index is 12.7. The molecule has 0 saturated carbocycles. The number of alkyl halides is 3. The molecule has 0 fully saturated rings. The number of aryl methyl sites for hydroxylation is 1. The van der Waals surface area contributed by atoms with Gasteiger partial charge in [-0.2, -0.15) is 13.2 Å². The van der Waals surface area contributed by atoms with E-state index in [1.165, 1.54) is 6.07 Å². The molecule has 1 unspecified atom stereocenters. The van der Waals surface area contributed by atoms with E-state index >= 15 is 0 Å². The number of hydrogen-bond acceptors (Lipinski definition) is 4. The number of hydrogen-bond donors (Lipinski definition) is 2. The van der Waals surface area contributed by atoms with Crippen LogP contribution in [0, 0.1) is 6.92 Å². The average Bonchev–Trinajstić information content (AvgIpc) is 3.03. The molecule has 138 valence electrons. The van der Waals surface area contributed by atoms with Gasteiger partial charge in [0.05, 0.1) is 6.10 Å². The molecule has 1 aliphatic heterocycles. The molecule has 0 saturated heterocycles. The topological polar surface area (TPSA) is 65.5 Å². The highest BCUT2D eigenvalue weighted by molar-refractivity contribution is 6.00. The fraction of sp³-hybridized carbons (Fsp3) is 0.333. The van der Waals surface area contributed by atoms with Crippen LogP contribution in [-0.2, 0) is 11.2 Å². The van der Waals surface area contributed by atoms with Gasteiger partial charge in [0, 0.05) is 47.5 Å². The SMILES string of the molecule is Cc1ccc(C(O)CNc2cccc3c2CCN3C(=O)C(F)(F)F)cn1. The zero-order valence-corrected chi connectivity index (χ0v) is 14.0. The van der Waals surface area contributed by atoms with Gasteiger partial charge in [-0.05, 0) is 31.5 Å². The van der Waals surface area contributed by atoms with Gasteiger partial charge in [0.2, 0.25) is 0 Å². The summed E-state index contributed by atoms with van der Waals surface area (Å²) >= 11 is 0. The first kappa shape index (κ1) is 18.2. The minimum atomic E-state index is -4.90. The molecule has 3 rings (SSSR count). The first-order valence-electron chi connectivity index (χ1n) is 8.12. The molecule has 1 aromatic carbocycles. The minimum absolute atomic E-state index is 0.0171. The lowest BCUT2D eigenvalue weighted by molar-refractivity contribution is -0.170. The van der Waals surface area contributed by atoms with Crippen LogP contribution in [0.4, 0.5) is 24.5 Å². The Morgan fingerprint density at radius 3 is 2.77 bits per heavy atom. The number of nitrogens with zero attached hydrogens (tertiary/aromatic N) is 2. The summed E-state index contributed by atoms with van der Waals surface area (Å²) in [4.78, 5) is 16.4. The van der Waals surface area contributed by atoms with Crippen LogP contribution >= 0.6 is 0 Å². The van der Waals surface area contributed by atoms with Crippen LogP contribution in [0.1, 0.15) is 22.9 Å². The Bertz CT molecular complexity index is 806. The summed E-state index contributed by atoms with van der Waals surface area (Å²) in [5, 5.41) is 13.3. The molecule has 26 heavy (non-hydrogen) atoms. The maximum atomic E-state index is 12.7. The Morgan fingerprint density at radius 1 is 1.35 bits per heavy atom. The van der Waals surface area contributed by atoms with E-state index in [9.17, 15) is 23.1 Å². The lowest BCUT2D eigenvalue weighted by Crippen LogP contribution is -2.40. The quantitative estimate of drug-likeness (QED) is 0.874. The van der Waals surface area contributed by atoms with E-state index in [1.807, 2.05) is 6.92 Å². The number of nitrogens with one attached hydrogen (secondary N) is 1. The number of aliphatic hydroxyl groups is 1. The Kier molecular flexibility index (Phi) is 4.86. The molecule has 5 nitrogen and oxygen atoms in total. The summed E-state index contributed by atoms with van der Waals surface area (Å²) in [5.41, 5.74) is 2.98. The first-order chi connectivity index (χ1) is 12.3. The normalized spacial score (nSPS) is 14.9. The van der Waals surface area contributed by atoms with E-state index in [4.69, 9.17) is 0 Å². The van der Waals surface area contributed by atoms with E-state index in [1.54, 1.807) is 30.5 Å². The summed E-state index contributed by atoms with van der Waals surface area (Å²) in [6.45, 7) is 2.00. The van der Waals surface area contributed by atoms with Crippen molar-refractivity contribution in [3.05, 3.63) is 53.3 Å². The van der Waals surface area contributed by atoms with Crippen molar-refractivity contribution in [3.63, 3.8) is 0 Å². The molecule has 1 aromatic heterocycles. The van der Waals surface area contributed by atoms with Crippen molar-refractivity contribution < 1.29 is 23.1 Å². The van der Waals surface area contributed by atoms with E-state index in [2.05, 4.69) is 10.3 Å². The largest absolute Gasteiger partial charge is 0.471 e. The van der Waals surface area contributed by atoms with Gasteiger partial charge >= 0.3 is 12.1 Å². The van der Waals surface area contributed by atoms with Crippen LogP contribution in [0.3, 0.4) is 0 Å². The maximum Gasteiger partial charge on any atom is 0.471 e. The number of amides is 1. The number of aromatic nitrogens is 1. The van der Waals surface area contributed by atoms with Crippen molar-refractivity contribution in [2.75, 3.05) is 23.3 Å². The van der Waals surface area contributed by atoms with Crippen molar-refractivity contribution in [1.29, 1.82) is 0 Å².